The highest BCUT2D eigenvalue weighted by atomic mass is 16.1. The highest BCUT2D eigenvalue weighted by molar-refractivity contribution is 6.00. The van der Waals surface area contributed by atoms with Crippen molar-refractivity contribution in [2.24, 2.45) is 5.92 Å². The number of Topliss-reactive ketones (excluding diaryl/α,β-unsaturated/α-hetero) is 1. The summed E-state index contributed by atoms with van der Waals surface area (Å²) in [6.45, 7) is 2.03. The Hall–Kier alpha value is -1.57. The van der Waals surface area contributed by atoms with Gasteiger partial charge in [-0.25, -0.2) is 0 Å². The maximum atomic E-state index is 12.1. The summed E-state index contributed by atoms with van der Waals surface area (Å²) in [5, 5.41) is 0. The van der Waals surface area contributed by atoms with Crippen LogP contribution in [-0.4, -0.2) is 10.4 Å². The Labute approximate surface area is 82.5 Å². The maximum absolute atomic E-state index is 12.1. The Balaban J connectivity index is 2.29. The van der Waals surface area contributed by atoms with Crippen LogP contribution in [0, 0.1) is 5.92 Å². The van der Waals surface area contributed by atoms with Crippen LogP contribution in [0.1, 0.15) is 23.5 Å². The predicted molar refractivity (Wildman–Crippen MR) is 54.2 cm³/mol. The molecule has 0 amide bonds. The Morgan fingerprint density at radius 2 is 2.21 bits per heavy atom. The molecule has 14 heavy (non-hydrogen) atoms. The fraction of sp³-hybridized carbons (Fsp3) is 0.250. The molecule has 4 rings (SSSR count). The fourth-order valence-corrected chi connectivity index (χ4v) is 2.29. The minimum absolute atomic E-state index is 0.0256. The van der Waals surface area contributed by atoms with Crippen molar-refractivity contribution >= 4 is 5.78 Å². The van der Waals surface area contributed by atoms with Gasteiger partial charge >= 0.3 is 0 Å². The van der Waals surface area contributed by atoms with E-state index in [1.807, 2.05) is 35.9 Å². The summed E-state index contributed by atoms with van der Waals surface area (Å²) in [5.41, 5.74) is 2.00. The Kier molecular flexibility index (Phi) is 1.38. The van der Waals surface area contributed by atoms with Gasteiger partial charge < -0.3 is 4.57 Å². The quantitative estimate of drug-likeness (QED) is 0.569. The number of nitrogens with zero attached hydrogens (tertiary/aromatic N) is 1. The van der Waals surface area contributed by atoms with E-state index in [9.17, 15) is 4.79 Å². The van der Waals surface area contributed by atoms with Crippen molar-refractivity contribution < 1.29 is 4.79 Å². The van der Waals surface area contributed by atoms with E-state index in [-0.39, 0.29) is 17.7 Å². The normalized spacial score (nSPS) is 28.6. The number of carbonyl (C=O) groups is 1. The first-order valence-corrected chi connectivity index (χ1v) is 4.85. The van der Waals surface area contributed by atoms with Crippen molar-refractivity contribution in [1.82, 2.24) is 4.57 Å². The SMILES string of the molecule is CC1=CC2C=CC1C(=O)c1cccn12. The summed E-state index contributed by atoms with van der Waals surface area (Å²) in [4.78, 5) is 12.1. The molecule has 1 aromatic heterocycles. The Morgan fingerprint density at radius 1 is 1.36 bits per heavy atom. The second-order valence-electron chi connectivity index (χ2n) is 3.93. The summed E-state index contributed by atoms with van der Waals surface area (Å²) in [5.74, 6) is 0.197. The van der Waals surface area contributed by atoms with Crippen LogP contribution in [0.3, 0.4) is 0 Å². The molecule has 0 saturated carbocycles. The van der Waals surface area contributed by atoms with Gasteiger partial charge in [-0.3, -0.25) is 4.79 Å². The van der Waals surface area contributed by atoms with Gasteiger partial charge in [0.2, 0.25) is 0 Å². The molecule has 3 heterocycles. The van der Waals surface area contributed by atoms with Gasteiger partial charge in [0.1, 0.15) is 0 Å². The van der Waals surface area contributed by atoms with Gasteiger partial charge in [-0.05, 0) is 19.1 Å². The van der Waals surface area contributed by atoms with Crippen molar-refractivity contribution in [2.75, 3.05) is 0 Å². The molecule has 3 aliphatic rings. The van der Waals surface area contributed by atoms with Crippen LogP contribution in [0.25, 0.3) is 0 Å². The van der Waals surface area contributed by atoms with Gasteiger partial charge in [0.25, 0.3) is 0 Å². The van der Waals surface area contributed by atoms with Crippen LogP contribution >= 0.6 is 0 Å². The van der Waals surface area contributed by atoms with E-state index in [1.165, 1.54) is 5.57 Å². The minimum atomic E-state index is -0.0256. The van der Waals surface area contributed by atoms with E-state index in [1.54, 1.807) is 0 Å². The standard InChI is InChI=1S/C12H11NO/c1-8-7-9-4-5-10(8)12(14)11-3-2-6-13(9)11/h2-7,9-10H,1H3. The number of hydrogen-bond acceptors (Lipinski definition) is 1. The first kappa shape index (κ1) is 7.80. The fourth-order valence-electron chi connectivity index (χ4n) is 2.29. The molecule has 1 aromatic rings. The lowest BCUT2D eigenvalue weighted by molar-refractivity contribution is 0.0955. The molecule has 70 valence electrons. The van der Waals surface area contributed by atoms with Crippen molar-refractivity contribution in [3.05, 3.63) is 47.8 Å². The Morgan fingerprint density at radius 3 is 3.00 bits per heavy atom. The first-order chi connectivity index (χ1) is 6.77. The second-order valence-corrected chi connectivity index (χ2v) is 3.93. The van der Waals surface area contributed by atoms with Gasteiger partial charge in [-0.1, -0.05) is 23.8 Å². The molecule has 0 spiro atoms. The van der Waals surface area contributed by atoms with Crippen molar-refractivity contribution in [3.8, 4) is 0 Å². The van der Waals surface area contributed by atoms with E-state index in [2.05, 4.69) is 12.2 Å². The third kappa shape index (κ3) is 0.830. The average molecular weight is 185 g/mol. The van der Waals surface area contributed by atoms with E-state index in [4.69, 9.17) is 0 Å². The molecular weight excluding hydrogens is 174 g/mol. The lowest BCUT2D eigenvalue weighted by Gasteiger charge is -2.15. The van der Waals surface area contributed by atoms with Gasteiger partial charge in [0.05, 0.1) is 17.7 Å². The van der Waals surface area contributed by atoms with Crippen LogP contribution in [0.4, 0.5) is 0 Å². The second kappa shape index (κ2) is 2.47. The maximum Gasteiger partial charge on any atom is 0.190 e. The number of carbonyl (C=O) groups excluding carboxylic acids is 1. The summed E-state index contributed by atoms with van der Waals surface area (Å²) < 4.78 is 2.04. The average Bonchev–Trinajstić information content (AvgIpc) is 2.58. The largest absolute Gasteiger partial charge is 0.335 e. The molecule has 1 aliphatic carbocycles. The van der Waals surface area contributed by atoms with Crippen LogP contribution in [-0.2, 0) is 0 Å². The summed E-state index contributed by atoms with van der Waals surface area (Å²) in [6.07, 6.45) is 8.26. The molecule has 0 radical (unpaired) electrons. The molecule has 2 heteroatoms. The molecule has 0 aromatic carbocycles. The van der Waals surface area contributed by atoms with E-state index in [0.29, 0.717) is 0 Å². The lowest BCUT2D eigenvalue weighted by atomic mass is 9.90. The number of aromatic nitrogens is 1. The van der Waals surface area contributed by atoms with Crippen LogP contribution in [0.5, 0.6) is 0 Å². The Bertz CT molecular complexity index is 464. The number of hydrogen-bond donors (Lipinski definition) is 0. The molecule has 0 fully saturated rings. The van der Waals surface area contributed by atoms with E-state index < -0.39 is 0 Å². The number of allylic oxidation sites excluding steroid dienone is 4. The molecular formula is C12H11NO. The number of rotatable bonds is 0. The molecule has 2 atom stereocenters. The highest BCUT2D eigenvalue weighted by Gasteiger charge is 2.30. The summed E-state index contributed by atoms with van der Waals surface area (Å²) >= 11 is 0. The monoisotopic (exact) mass is 185 g/mol. The van der Waals surface area contributed by atoms with E-state index in [0.717, 1.165) is 5.69 Å². The van der Waals surface area contributed by atoms with Gasteiger partial charge in [0, 0.05) is 6.20 Å². The van der Waals surface area contributed by atoms with Crippen molar-refractivity contribution in [1.29, 1.82) is 0 Å². The topological polar surface area (TPSA) is 22.0 Å². The molecule has 2 bridgehead atoms. The molecule has 0 N–H and O–H groups in total. The summed E-state index contributed by atoms with van der Waals surface area (Å²) in [6, 6.07) is 4.08. The van der Waals surface area contributed by atoms with Crippen molar-refractivity contribution in [2.45, 2.75) is 13.0 Å². The minimum Gasteiger partial charge on any atom is -0.335 e. The molecule has 2 nitrogen and oxygen atoms in total. The summed E-state index contributed by atoms with van der Waals surface area (Å²) in [7, 11) is 0. The third-order valence-electron chi connectivity index (χ3n) is 3.06. The lowest BCUT2D eigenvalue weighted by Crippen LogP contribution is -2.13. The van der Waals surface area contributed by atoms with Gasteiger partial charge in [0.15, 0.2) is 5.78 Å². The zero-order valence-electron chi connectivity index (χ0n) is 7.97. The zero-order chi connectivity index (χ0) is 9.71. The third-order valence-corrected chi connectivity index (χ3v) is 3.06. The first-order valence-electron chi connectivity index (χ1n) is 4.85. The van der Waals surface area contributed by atoms with Gasteiger partial charge in [-0.15, -0.1) is 0 Å². The molecule has 2 unspecified atom stereocenters. The molecule has 0 saturated heterocycles. The van der Waals surface area contributed by atoms with Gasteiger partial charge in [-0.2, -0.15) is 0 Å². The molecule has 2 aliphatic heterocycles. The number of ketones is 1. The highest BCUT2D eigenvalue weighted by Crippen LogP contribution is 2.33. The zero-order valence-corrected chi connectivity index (χ0v) is 7.97. The van der Waals surface area contributed by atoms with Crippen LogP contribution < -0.4 is 0 Å². The van der Waals surface area contributed by atoms with E-state index >= 15 is 0 Å². The van der Waals surface area contributed by atoms with Crippen LogP contribution in [0.15, 0.2) is 42.1 Å². The smallest absolute Gasteiger partial charge is 0.190 e. The van der Waals surface area contributed by atoms with Crippen molar-refractivity contribution in [3.63, 3.8) is 0 Å². The predicted octanol–water partition coefficient (Wildman–Crippen LogP) is 2.36. The van der Waals surface area contributed by atoms with Crippen LogP contribution in [0.2, 0.25) is 0 Å².